The lowest BCUT2D eigenvalue weighted by Crippen LogP contribution is -2.36. The van der Waals surface area contributed by atoms with Gasteiger partial charge in [0.05, 0.1) is 6.04 Å². The van der Waals surface area contributed by atoms with Crippen molar-refractivity contribution >= 4 is 11.1 Å². The van der Waals surface area contributed by atoms with E-state index in [4.69, 9.17) is 8.94 Å². The highest BCUT2D eigenvalue weighted by molar-refractivity contribution is 5.72. The van der Waals surface area contributed by atoms with Crippen LogP contribution in [0.3, 0.4) is 0 Å². The minimum Gasteiger partial charge on any atom is -0.440 e. The fourth-order valence-corrected chi connectivity index (χ4v) is 3.36. The van der Waals surface area contributed by atoms with Crippen LogP contribution in [0.2, 0.25) is 0 Å². The molecule has 0 radical (unpaired) electrons. The third-order valence-corrected chi connectivity index (χ3v) is 4.82. The van der Waals surface area contributed by atoms with E-state index in [0.717, 1.165) is 55.2 Å². The third kappa shape index (κ3) is 2.82. The molecular formula is C18H22N4O2. The number of nitrogens with zero attached hydrogens (tertiary/aromatic N) is 4. The Labute approximate surface area is 140 Å². The molecule has 2 aromatic heterocycles. The zero-order valence-corrected chi connectivity index (χ0v) is 14.1. The summed E-state index contributed by atoms with van der Waals surface area (Å²) in [6.07, 6.45) is 3.00. The predicted molar refractivity (Wildman–Crippen MR) is 89.6 cm³/mol. The molecule has 0 bridgehead atoms. The SMILES string of the molecule is CCc1noc(C(C)N2CCCC(c3nc4ccccc4o3)C2)n1. The summed E-state index contributed by atoms with van der Waals surface area (Å²) in [7, 11) is 0. The molecule has 4 rings (SSSR count). The van der Waals surface area contributed by atoms with Gasteiger partial charge < -0.3 is 8.94 Å². The first-order valence-corrected chi connectivity index (χ1v) is 8.66. The lowest BCUT2D eigenvalue weighted by atomic mass is 9.97. The quantitative estimate of drug-likeness (QED) is 0.728. The largest absolute Gasteiger partial charge is 0.440 e. The monoisotopic (exact) mass is 326 g/mol. The maximum absolute atomic E-state index is 5.97. The number of hydrogen-bond donors (Lipinski definition) is 0. The molecule has 1 aromatic carbocycles. The number of piperidine rings is 1. The Balaban J connectivity index is 1.52. The van der Waals surface area contributed by atoms with Gasteiger partial charge in [0.15, 0.2) is 17.3 Å². The topological polar surface area (TPSA) is 68.2 Å². The van der Waals surface area contributed by atoms with E-state index in [2.05, 4.69) is 26.9 Å². The maximum atomic E-state index is 5.97. The number of benzene rings is 1. The molecule has 0 amide bonds. The highest BCUT2D eigenvalue weighted by atomic mass is 16.5. The Morgan fingerprint density at radius 3 is 2.96 bits per heavy atom. The molecule has 0 aliphatic carbocycles. The van der Waals surface area contributed by atoms with Crippen LogP contribution in [0, 0.1) is 0 Å². The molecule has 3 heterocycles. The number of para-hydroxylation sites is 2. The van der Waals surface area contributed by atoms with Crippen LogP contribution in [0.25, 0.3) is 11.1 Å². The molecule has 24 heavy (non-hydrogen) atoms. The van der Waals surface area contributed by atoms with Gasteiger partial charge in [-0.1, -0.05) is 24.2 Å². The number of oxazole rings is 1. The molecule has 6 heteroatoms. The van der Waals surface area contributed by atoms with Crippen molar-refractivity contribution in [2.24, 2.45) is 0 Å². The van der Waals surface area contributed by atoms with Crippen LogP contribution in [0.1, 0.15) is 56.3 Å². The van der Waals surface area contributed by atoms with Gasteiger partial charge in [0.1, 0.15) is 5.52 Å². The van der Waals surface area contributed by atoms with Crippen LogP contribution in [0.4, 0.5) is 0 Å². The van der Waals surface area contributed by atoms with Crippen molar-refractivity contribution in [2.45, 2.75) is 45.1 Å². The molecule has 0 N–H and O–H groups in total. The molecule has 2 atom stereocenters. The first kappa shape index (κ1) is 15.3. The average Bonchev–Trinajstić information content (AvgIpc) is 3.28. The molecule has 2 unspecified atom stereocenters. The molecule has 3 aromatic rings. The molecule has 1 saturated heterocycles. The second-order valence-electron chi connectivity index (χ2n) is 6.43. The van der Waals surface area contributed by atoms with Gasteiger partial charge in [-0.05, 0) is 38.4 Å². The maximum Gasteiger partial charge on any atom is 0.243 e. The van der Waals surface area contributed by atoms with Crippen molar-refractivity contribution in [1.29, 1.82) is 0 Å². The van der Waals surface area contributed by atoms with Crippen LogP contribution in [0.5, 0.6) is 0 Å². The van der Waals surface area contributed by atoms with Gasteiger partial charge in [0.25, 0.3) is 0 Å². The van der Waals surface area contributed by atoms with Crippen molar-refractivity contribution in [1.82, 2.24) is 20.0 Å². The predicted octanol–water partition coefficient (Wildman–Crippen LogP) is 3.71. The standard InChI is InChI=1S/C18H22N4O2/c1-3-16-20-17(24-21-16)12(2)22-10-6-7-13(11-22)18-19-14-8-4-5-9-15(14)23-18/h4-5,8-9,12-13H,3,6-7,10-11H2,1-2H3. The summed E-state index contributed by atoms with van der Waals surface area (Å²) in [5.41, 5.74) is 1.80. The summed E-state index contributed by atoms with van der Waals surface area (Å²) < 4.78 is 11.4. The van der Waals surface area contributed by atoms with E-state index in [-0.39, 0.29) is 6.04 Å². The van der Waals surface area contributed by atoms with Crippen molar-refractivity contribution in [3.05, 3.63) is 41.9 Å². The van der Waals surface area contributed by atoms with E-state index >= 15 is 0 Å². The van der Waals surface area contributed by atoms with Crippen molar-refractivity contribution < 1.29 is 8.94 Å². The van der Waals surface area contributed by atoms with Crippen LogP contribution in [-0.2, 0) is 6.42 Å². The zero-order chi connectivity index (χ0) is 16.5. The second kappa shape index (κ2) is 6.36. The summed E-state index contributed by atoms with van der Waals surface area (Å²) in [4.78, 5) is 11.5. The molecule has 126 valence electrons. The Hall–Kier alpha value is -2.21. The van der Waals surface area contributed by atoms with E-state index in [1.807, 2.05) is 31.2 Å². The van der Waals surface area contributed by atoms with E-state index in [9.17, 15) is 0 Å². The molecule has 0 saturated carbocycles. The lowest BCUT2D eigenvalue weighted by Gasteiger charge is -2.34. The van der Waals surface area contributed by atoms with Gasteiger partial charge >= 0.3 is 0 Å². The normalized spacial score (nSPS) is 20.5. The molecule has 1 fully saturated rings. The van der Waals surface area contributed by atoms with Crippen molar-refractivity contribution in [2.75, 3.05) is 13.1 Å². The number of likely N-dealkylation sites (tertiary alicyclic amines) is 1. The highest BCUT2D eigenvalue weighted by Crippen LogP contribution is 2.32. The van der Waals surface area contributed by atoms with Crippen molar-refractivity contribution in [3.63, 3.8) is 0 Å². The Bertz CT molecular complexity index is 792. The van der Waals surface area contributed by atoms with E-state index in [0.29, 0.717) is 11.8 Å². The van der Waals surface area contributed by atoms with Gasteiger partial charge in [0, 0.05) is 18.9 Å². The molecule has 1 aliphatic heterocycles. The Morgan fingerprint density at radius 1 is 1.29 bits per heavy atom. The van der Waals surface area contributed by atoms with Crippen molar-refractivity contribution in [3.8, 4) is 0 Å². The second-order valence-corrected chi connectivity index (χ2v) is 6.43. The van der Waals surface area contributed by atoms with E-state index < -0.39 is 0 Å². The highest BCUT2D eigenvalue weighted by Gasteiger charge is 2.30. The molecular weight excluding hydrogens is 304 g/mol. The van der Waals surface area contributed by atoms with Gasteiger partial charge in [-0.3, -0.25) is 4.90 Å². The summed E-state index contributed by atoms with van der Waals surface area (Å²) in [6, 6.07) is 8.05. The fraction of sp³-hybridized carbons (Fsp3) is 0.500. The smallest absolute Gasteiger partial charge is 0.243 e. The van der Waals surface area contributed by atoms with Gasteiger partial charge in [0.2, 0.25) is 5.89 Å². The first-order chi connectivity index (χ1) is 11.7. The summed E-state index contributed by atoms with van der Waals surface area (Å²) >= 11 is 0. The van der Waals surface area contributed by atoms with Gasteiger partial charge in [-0.2, -0.15) is 4.98 Å². The van der Waals surface area contributed by atoms with Crippen LogP contribution >= 0.6 is 0 Å². The van der Waals surface area contributed by atoms with E-state index in [1.54, 1.807) is 0 Å². The van der Waals surface area contributed by atoms with Crippen LogP contribution in [-0.4, -0.2) is 33.1 Å². The average molecular weight is 326 g/mol. The van der Waals surface area contributed by atoms with E-state index in [1.165, 1.54) is 0 Å². The first-order valence-electron chi connectivity index (χ1n) is 8.66. The van der Waals surface area contributed by atoms with Crippen LogP contribution < -0.4 is 0 Å². The minimum atomic E-state index is 0.116. The summed E-state index contributed by atoms with van der Waals surface area (Å²) in [6.45, 7) is 6.09. The zero-order valence-electron chi connectivity index (χ0n) is 14.1. The number of hydrogen-bond acceptors (Lipinski definition) is 6. The number of fused-ring (bicyclic) bond motifs is 1. The number of aromatic nitrogens is 3. The third-order valence-electron chi connectivity index (χ3n) is 4.82. The number of rotatable bonds is 4. The fourth-order valence-electron chi connectivity index (χ4n) is 3.36. The Kier molecular flexibility index (Phi) is 4.06. The molecule has 6 nitrogen and oxygen atoms in total. The van der Waals surface area contributed by atoms with Gasteiger partial charge in [-0.25, -0.2) is 4.98 Å². The minimum absolute atomic E-state index is 0.116. The van der Waals surface area contributed by atoms with Crippen LogP contribution in [0.15, 0.2) is 33.2 Å². The van der Waals surface area contributed by atoms with Gasteiger partial charge in [-0.15, -0.1) is 0 Å². The summed E-state index contributed by atoms with van der Waals surface area (Å²) in [5, 5.41) is 4.01. The molecule has 0 spiro atoms. The summed E-state index contributed by atoms with van der Waals surface area (Å²) in [5.74, 6) is 2.62. The molecule has 1 aliphatic rings. The Morgan fingerprint density at radius 2 is 2.17 bits per heavy atom. The number of aryl methyl sites for hydroxylation is 1. The lowest BCUT2D eigenvalue weighted by molar-refractivity contribution is 0.126.